The second kappa shape index (κ2) is 6.06. The maximum Gasteiger partial charge on any atom is 0.133 e. The van der Waals surface area contributed by atoms with Gasteiger partial charge in [0.2, 0.25) is 0 Å². The Kier molecular flexibility index (Phi) is 4.17. The molecule has 5 heteroatoms. The quantitative estimate of drug-likeness (QED) is 0.818. The van der Waals surface area contributed by atoms with Crippen LogP contribution < -0.4 is 11.1 Å². The van der Waals surface area contributed by atoms with Gasteiger partial charge in [-0.25, -0.2) is 9.97 Å². The Morgan fingerprint density at radius 3 is 2.95 bits per heavy atom. The number of nitrogens with zero attached hydrogens (tertiary/aromatic N) is 2. The molecule has 0 aromatic carbocycles. The van der Waals surface area contributed by atoms with Crippen LogP contribution in [0, 0.1) is 0 Å². The van der Waals surface area contributed by atoms with E-state index in [0.29, 0.717) is 0 Å². The molecule has 2 aliphatic rings. The first-order chi connectivity index (χ1) is 9.79. The van der Waals surface area contributed by atoms with Crippen molar-refractivity contribution < 1.29 is 4.74 Å². The minimum atomic E-state index is 0.156. The van der Waals surface area contributed by atoms with Crippen molar-refractivity contribution in [1.82, 2.24) is 9.97 Å². The first-order valence-electron chi connectivity index (χ1n) is 7.76. The number of hydrogen-bond acceptors (Lipinski definition) is 5. The van der Waals surface area contributed by atoms with Gasteiger partial charge in [-0.2, -0.15) is 0 Å². The molecule has 110 valence electrons. The molecule has 0 amide bonds. The van der Waals surface area contributed by atoms with Crippen LogP contribution in [-0.2, 0) is 17.6 Å². The molecule has 5 nitrogen and oxygen atoms in total. The number of ether oxygens (including phenoxy) is 1. The molecule has 1 aromatic rings. The summed E-state index contributed by atoms with van der Waals surface area (Å²) < 4.78 is 5.72. The fourth-order valence-electron chi connectivity index (χ4n) is 3.21. The highest BCUT2D eigenvalue weighted by atomic mass is 16.5. The summed E-state index contributed by atoms with van der Waals surface area (Å²) in [4.78, 5) is 8.90. The molecule has 0 aliphatic heterocycles. The Morgan fingerprint density at radius 2 is 2.15 bits per heavy atom. The van der Waals surface area contributed by atoms with Gasteiger partial charge in [-0.1, -0.05) is 6.42 Å². The zero-order valence-electron chi connectivity index (χ0n) is 12.1. The van der Waals surface area contributed by atoms with E-state index in [9.17, 15) is 0 Å². The third-order valence-electron chi connectivity index (χ3n) is 4.43. The minimum Gasteiger partial charge on any atom is -0.376 e. The number of anilines is 1. The molecule has 3 atom stereocenters. The first-order valence-corrected chi connectivity index (χ1v) is 7.76. The lowest BCUT2D eigenvalue weighted by Crippen LogP contribution is -2.60. The fourth-order valence-corrected chi connectivity index (χ4v) is 3.21. The molecule has 3 unspecified atom stereocenters. The molecule has 1 heterocycles. The van der Waals surface area contributed by atoms with Gasteiger partial charge in [-0.15, -0.1) is 0 Å². The average Bonchev–Trinajstić information content (AvgIpc) is 2.70. The number of hydrogen-bond donors (Lipinski definition) is 2. The standard InChI is InChI=1S/C15H24N4O/c1-2-20-13-8-11(16)14(13)19-15-10-6-4-3-5-7-12(10)17-9-18-15/h9,11,13-14H,2-8,16H2,1H3,(H,17,18,19). The maximum absolute atomic E-state index is 6.11. The van der Waals surface area contributed by atoms with Crippen LogP contribution in [0.15, 0.2) is 6.33 Å². The van der Waals surface area contributed by atoms with E-state index in [-0.39, 0.29) is 18.2 Å². The van der Waals surface area contributed by atoms with Gasteiger partial charge in [0, 0.05) is 23.9 Å². The second-order valence-corrected chi connectivity index (χ2v) is 5.77. The zero-order valence-corrected chi connectivity index (χ0v) is 12.1. The summed E-state index contributed by atoms with van der Waals surface area (Å²) in [5.74, 6) is 0.974. The van der Waals surface area contributed by atoms with E-state index in [4.69, 9.17) is 10.5 Å². The van der Waals surface area contributed by atoms with Crippen LogP contribution in [0.5, 0.6) is 0 Å². The largest absolute Gasteiger partial charge is 0.376 e. The zero-order chi connectivity index (χ0) is 13.9. The van der Waals surface area contributed by atoms with Crippen molar-refractivity contribution in [3.63, 3.8) is 0 Å². The summed E-state index contributed by atoms with van der Waals surface area (Å²) in [6, 6.07) is 0.333. The van der Waals surface area contributed by atoms with Crippen LogP contribution in [-0.4, -0.2) is 34.8 Å². The van der Waals surface area contributed by atoms with Gasteiger partial charge in [0.1, 0.15) is 12.1 Å². The summed E-state index contributed by atoms with van der Waals surface area (Å²) in [6.45, 7) is 2.76. The van der Waals surface area contributed by atoms with E-state index in [1.165, 1.54) is 30.5 Å². The predicted octanol–water partition coefficient (Wildman–Crippen LogP) is 1.66. The van der Waals surface area contributed by atoms with Crippen LogP contribution in [0.25, 0.3) is 0 Å². The molecule has 3 N–H and O–H groups in total. The molecule has 0 radical (unpaired) electrons. The van der Waals surface area contributed by atoms with Gasteiger partial charge >= 0.3 is 0 Å². The first kappa shape index (κ1) is 13.8. The monoisotopic (exact) mass is 276 g/mol. The van der Waals surface area contributed by atoms with Crippen LogP contribution in [0.1, 0.15) is 43.9 Å². The van der Waals surface area contributed by atoms with Gasteiger partial charge in [0.15, 0.2) is 0 Å². The van der Waals surface area contributed by atoms with Gasteiger partial charge in [-0.3, -0.25) is 0 Å². The highest BCUT2D eigenvalue weighted by Crippen LogP contribution is 2.29. The summed E-state index contributed by atoms with van der Waals surface area (Å²) in [6.07, 6.45) is 8.68. The number of aromatic nitrogens is 2. The number of rotatable bonds is 4. The number of aryl methyl sites for hydroxylation is 1. The molecule has 1 aromatic heterocycles. The lowest BCUT2D eigenvalue weighted by Gasteiger charge is -2.43. The maximum atomic E-state index is 6.11. The van der Waals surface area contributed by atoms with Crippen molar-refractivity contribution in [2.45, 2.75) is 63.6 Å². The van der Waals surface area contributed by atoms with E-state index >= 15 is 0 Å². The van der Waals surface area contributed by atoms with Gasteiger partial charge < -0.3 is 15.8 Å². The Labute approximate surface area is 120 Å². The van der Waals surface area contributed by atoms with E-state index in [0.717, 1.165) is 31.7 Å². The van der Waals surface area contributed by atoms with Crippen molar-refractivity contribution in [2.24, 2.45) is 5.73 Å². The topological polar surface area (TPSA) is 73.1 Å². The molecule has 1 fully saturated rings. The summed E-state index contributed by atoms with van der Waals surface area (Å²) in [7, 11) is 0. The molecule has 1 saturated carbocycles. The van der Waals surface area contributed by atoms with Crippen LogP contribution in [0.4, 0.5) is 5.82 Å². The second-order valence-electron chi connectivity index (χ2n) is 5.77. The number of nitrogens with two attached hydrogens (primary N) is 1. The highest BCUT2D eigenvalue weighted by molar-refractivity contribution is 5.48. The minimum absolute atomic E-state index is 0.156. The molecule has 20 heavy (non-hydrogen) atoms. The Balaban J connectivity index is 1.77. The van der Waals surface area contributed by atoms with E-state index in [1.807, 2.05) is 6.92 Å². The van der Waals surface area contributed by atoms with E-state index in [2.05, 4.69) is 15.3 Å². The Hall–Kier alpha value is -1.20. The fraction of sp³-hybridized carbons (Fsp3) is 0.733. The van der Waals surface area contributed by atoms with Gasteiger partial charge in [0.05, 0.1) is 12.1 Å². The summed E-state index contributed by atoms with van der Waals surface area (Å²) >= 11 is 0. The van der Waals surface area contributed by atoms with E-state index < -0.39 is 0 Å². The smallest absolute Gasteiger partial charge is 0.133 e. The number of nitrogens with one attached hydrogen (secondary N) is 1. The van der Waals surface area contributed by atoms with Crippen molar-refractivity contribution >= 4 is 5.82 Å². The van der Waals surface area contributed by atoms with Gasteiger partial charge in [0.25, 0.3) is 0 Å². The molecular formula is C15H24N4O. The average molecular weight is 276 g/mol. The van der Waals surface area contributed by atoms with Crippen molar-refractivity contribution in [3.05, 3.63) is 17.6 Å². The Morgan fingerprint density at radius 1 is 1.30 bits per heavy atom. The third kappa shape index (κ3) is 2.65. The van der Waals surface area contributed by atoms with Crippen molar-refractivity contribution in [2.75, 3.05) is 11.9 Å². The van der Waals surface area contributed by atoms with Crippen molar-refractivity contribution in [1.29, 1.82) is 0 Å². The molecule has 3 rings (SSSR count). The summed E-state index contributed by atoms with van der Waals surface area (Å²) in [5, 5.41) is 3.52. The Bertz CT molecular complexity index is 463. The lowest BCUT2D eigenvalue weighted by atomic mass is 9.83. The summed E-state index contributed by atoms with van der Waals surface area (Å²) in [5.41, 5.74) is 8.61. The van der Waals surface area contributed by atoms with Gasteiger partial charge in [-0.05, 0) is 39.0 Å². The van der Waals surface area contributed by atoms with Crippen LogP contribution in [0.2, 0.25) is 0 Å². The van der Waals surface area contributed by atoms with Crippen LogP contribution in [0.3, 0.4) is 0 Å². The molecule has 2 aliphatic carbocycles. The van der Waals surface area contributed by atoms with E-state index in [1.54, 1.807) is 6.33 Å². The molecule has 0 bridgehead atoms. The third-order valence-corrected chi connectivity index (χ3v) is 4.43. The molecular weight excluding hydrogens is 252 g/mol. The molecule has 0 saturated heterocycles. The SMILES string of the molecule is CCOC1CC(N)C1Nc1ncnc2c1CCCCC2. The van der Waals surface area contributed by atoms with Crippen LogP contribution >= 0.6 is 0 Å². The lowest BCUT2D eigenvalue weighted by molar-refractivity contribution is -0.0127. The predicted molar refractivity (Wildman–Crippen MR) is 78.7 cm³/mol. The highest BCUT2D eigenvalue weighted by Gasteiger charge is 2.40. The molecule has 0 spiro atoms. The number of fused-ring (bicyclic) bond motifs is 1. The normalized spacial score (nSPS) is 29.2. The van der Waals surface area contributed by atoms with Crippen molar-refractivity contribution in [3.8, 4) is 0 Å².